The van der Waals surface area contributed by atoms with E-state index in [0.717, 1.165) is 23.2 Å². The van der Waals surface area contributed by atoms with Crippen molar-refractivity contribution < 1.29 is 14.6 Å². The molecule has 1 atom stereocenters. The van der Waals surface area contributed by atoms with E-state index in [0.29, 0.717) is 18.7 Å². The van der Waals surface area contributed by atoms with Crippen LogP contribution in [0.4, 0.5) is 5.69 Å². The van der Waals surface area contributed by atoms with E-state index in [-0.39, 0.29) is 11.7 Å². The number of para-hydroxylation sites is 1. The van der Waals surface area contributed by atoms with E-state index in [9.17, 15) is 9.90 Å². The molecule has 0 radical (unpaired) electrons. The first-order valence-electron chi connectivity index (χ1n) is 8.28. The lowest BCUT2D eigenvalue weighted by atomic mass is 9.78. The SMILES string of the molecule is CCCN1C(=O)C(C)(Cc2ccc(OC)cc2O)c2ccccc21. The predicted molar refractivity (Wildman–Crippen MR) is 94.8 cm³/mol. The second kappa shape index (κ2) is 6.19. The highest BCUT2D eigenvalue weighted by atomic mass is 16.5. The van der Waals surface area contributed by atoms with Gasteiger partial charge in [-0.1, -0.05) is 31.2 Å². The smallest absolute Gasteiger partial charge is 0.237 e. The van der Waals surface area contributed by atoms with E-state index >= 15 is 0 Å². The number of hydrogen-bond acceptors (Lipinski definition) is 3. The van der Waals surface area contributed by atoms with Gasteiger partial charge in [0.05, 0.1) is 12.5 Å². The first-order valence-corrected chi connectivity index (χ1v) is 8.28. The third-order valence-electron chi connectivity index (χ3n) is 4.79. The molecule has 2 aromatic rings. The van der Waals surface area contributed by atoms with E-state index in [4.69, 9.17) is 4.74 Å². The van der Waals surface area contributed by atoms with Crippen LogP contribution in [0.3, 0.4) is 0 Å². The molecular weight excluding hydrogens is 302 g/mol. The summed E-state index contributed by atoms with van der Waals surface area (Å²) in [5.41, 5.74) is 2.09. The van der Waals surface area contributed by atoms with Gasteiger partial charge in [0.2, 0.25) is 5.91 Å². The lowest BCUT2D eigenvalue weighted by Crippen LogP contribution is -2.40. The quantitative estimate of drug-likeness (QED) is 0.913. The number of hydrogen-bond donors (Lipinski definition) is 1. The minimum atomic E-state index is -0.669. The Morgan fingerprint density at radius 3 is 2.62 bits per heavy atom. The Kier molecular flexibility index (Phi) is 4.22. The standard InChI is InChI=1S/C20H23NO3/c1-4-11-21-17-8-6-5-7-16(17)20(2,19(21)23)13-14-9-10-15(24-3)12-18(14)22/h5-10,12,22H,4,11,13H2,1-3H3. The normalized spacial score (nSPS) is 19.5. The number of fused-ring (bicyclic) bond motifs is 1. The summed E-state index contributed by atoms with van der Waals surface area (Å²) in [6.45, 7) is 4.74. The molecule has 2 aromatic carbocycles. The van der Waals surface area contributed by atoms with Crippen LogP contribution in [0.25, 0.3) is 0 Å². The van der Waals surface area contributed by atoms with Crippen LogP contribution in [0.15, 0.2) is 42.5 Å². The number of benzene rings is 2. The van der Waals surface area contributed by atoms with E-state index in [1.807, 2.05) is 48.2 Å². The minimum Gasteiger partial charge on any atom is -0.508 e. The lowest BCUT2D eigenvalue weighted by Gasteiger charge is -2.25. The molecule has 126 valence electrons. The van der Waals surface area contributed by atoms with Crippen molar-refractivity contribution in [2.75, 3.05) is 18.6 Å². The van der Waals surface area contributed by atoms with Gasteiger partial charge in [0.25, 0.3) is 0 Å². The summed E-state index contributed by atoms with van der Waals surface area (Å²) in [6, 6.07) is 13.2. The molecule has 0 spiro atoms. The van der Waals surface area contributed by atoms with Gasteiger partial charge in [-0.25, -0.2) is 0 Å². The molecule has 24 heavy (non-hydrogen) atoms. The topological polar surface area (TPSA) is 49.8 Å². The maximum absolute atomic E-state index is 13.1. The number of carbonyl (C=O) groups is 1. The zero-order chi connectivity index (χ0) is 17.3. The van der Waals surface area contributed by atoms with Gasteiger partial charge in [-0.05, 0) is 43.0 Å². The van der Waals surface area contributed by atoms with E-state index < -0.39 is 5.41 Å². The number of phenolic OH excluding ortho intramolecular Hbond substituents is 1. The maximum atomic E-state index is 13.1. The number of aromatic hydroxyl groups is 1. The van der Waals surface area contributed by atoms with Crippen LogP contribution < -0.4 is 9.64 Å². The van der Waals surface area contributed by atoms with Crippen LogP contribution in [-0.4, -0.2) is 24.7 Å². The highest BCUT2D eigenvalue weighted by molar-refractivity contribution is 6.08. The summed E-state index contributed by atoms with van der Waals surface area (Å²) >= 11 is 0. The van der Waals surface area contributed by atoms with Crippen molar-refractivity contribution in [3.63, 3.8) is 0 Å². The largest absolute Gasteiger partial charge is 0.508 e. The minimum absolute atomic E-state index is 0.0979. The Balaban J connectivity index is 2.02. The van der Waals surface area contributed by atoms with Crippen LogP contribution in [-0.2, 0) is 16.6 Å². The van der Waals surface area contributed by atoms with Gasteiger partial charge >= 0.3 is 0 Å². The number of ether oxygens (including phenoxy) is 1. The molecule has 1 unspecified atom stereocenters. The fourth-order valence-electron chi connectivity index (χ4n) is 3.52. The number of rotatable bonds is 5. The summed E-state index contributed by atoms with van der Waals surface area (Å²) < 4.78 is 5.14. The van der Waals surface area contributed by atoms with Gasteiger partial charge in [0.15, 0.2) is 0 Å². The molecule has 1 N–H and O–H groups in total. The van der Waals surface area contributed by atoms with Crippen molar-refractivity contribution in [3.8, 4) is 11.5 Å². The molecule has 0 saturated heterocycles. The number of methoxy groups -OCH3 is 1. The van der Waals surface area contributed by atoms with E-state index in [1.54, 1.807) is 13.2 Å². The molecule has 1 aliphatic heterocycles. The molecule has 1 amide bonds. The summed E-state index contributed by atoms with van der Waals surface area (Å²) in [5.74, 6) is 0.864. The molecule has 0 aromatic heterocycles. The monoisotopic (exact) mass is 325 g/mol. The Hall–Kier alpha value is -2.49. The van der Waals surface area contributed by atoms with Crippen molar-refractivity contribution in [2.45, 2.75) is 32.1 Å². The van der Waals surface area contributed by atoms with Gasteiger partial charge in [-0.15, -0.1) is 0 Å². The van der Waals surface area contributed by atoms with Crippen LogP contribution >= 0.6 is 0 Å². The molecule has 4 heteroatoms. The number of phenols is 1. The number of carbonyl (C=O) groups excluding carboxylic acids is 1. The van der Waals surface area contributed by atoms with Gasteiger partial charge in [-0.3, -0.25) is 4.79 Å². The van der Waals surface area contributed by atoms with Crippen LogP contribution in [0.5, 0.6) is 11.5 Å². The van der Waals surface area contributed by atoms with Crippen LogP contribution in [0, 0.1) is 0 Å². The second-order valence-corrected chi connectivity index (χ2v) is 6.48. The van der Waals surface area contributed by atoms with Crippen molar-refractivity contribution in [2.24, 2.45) is 0 Å². The van der Waals surface area contributed by atoms with Gasteiger partial charge < -0.3 is 14.7 Å². The molecule has 0 aliphatic carbocycles. The summed E-state index contributed by atoms with van der Waals surface area (Å²) in [4.78, 5) is 15.0. The molecular formula is C20H23NO3. The third-order valence-corrected chi connectivity index (χ3v) is 4.79. The van der Waals surface area contributed by atoms with Gasteiger partial charge in [0, 0.05) is 18.3 Å². The van der Waals surface area contributed by atoms with Crippen molar-refractivity contribution >= 4 is 11.6 Å². The molecule has 0 saturated carbocycles. The first kappa shape index (κ1) is 16.4. The average molecular weight is 325 g/mol. The van der Waals surface area contributed by atoms with E-state index in [2.05, 4.69) is 6.92 Å². The van der Waals surface area contributed by atoms with Crippen LogP contribution in [0.1, 0.15) is 31.4 Å². The summed E-state index contributed by atoms with van der Waals surface area (Å²) in [7, 11) is 1.56. The number of anilines is 1. The molecule has 1 aliphatic rings. The highest BCUT2D eigenvalue weighted by Gasteiger charge is 2.47. The fraction of sp³-hybridized carbons (Fsp3) is 0.350. The highest BCUT2D eigenvalue weighted by Crippen LogP contribution is 2.44. The maximum Gasteiger partial charge on any atom is 0.237 e. The Morgan fingerprint density at radius 1 is 1.21 bits per heavy atom. The molecule has 3 rings (SSSR count). The molecule has 0 bridgehead atoms. The summed E-state index contributed by atoms with van der Waals surface area (Å²) in [6.07, 6.45) is 1.36. The average Bonchev–Trinajstić information content (AvgIpc) is 2.80. The molecule has 4 nitrogen and oxygen atoms in total. The fourth-order valence-corrected chi connectivity index (χ4v) is 3.52. The zero-order valence-corrected chi connectivity index (χ0v) is 14.4. The Labute approximate surface area is 142 Å². The third kappa shape index (κ3) is 2.52. The van der Waals surface area contributed by atoms with Crippen LogP contribution in [0.2, 0.25) is 0 Å². The first-order chi connectivity index (χ1) is 11.5. The van der Waals surface area contributed by atoms with Gasteiger partial charge in [-0.2, -0.15) is 0 Å². The van der Waals surface area contributed by atoms with E-state index in [1.165, 1.54) is 0 Å². The number of amides is 1. The van der Waals surface area contributed by atoms with Crippen molar-refractivity contribution in [1.29, 1.82) is 0 Å². The van der Waals surface area contributed by atoms with Crippen molar-refractivity contribution in [3.05, 3.63) is 53.6 Å². The van der Waals surface area contributed by atoms with Crippen molar-refractivity contribution in [1.82, 2.24) is 0 Å². The van der Waals surface area contributed by atoms with Gasteiger partial charge in [0.1, 0.15) is 11.5 Å². The second-order valence-electron chi connectivity index (χ2n) is 6.48. The predicted octanol–water partition coefficient (Wildman–Crippen LogP) is 3.66. The number of nitrogens with zero attached hydrogens (tertiary/aromatic N) is 1. The zero-order valence-electron chi connectivity index (χ0n) is 14.4. The summed E-state index contributed by atoms with van der Waals surface area (Å²) in [5, 5.41) is 10.3. The Morgan fingerprint density at radius 2 is 1.96 bits per heavy atom. The Bertz CT molecular complexity index is 771. The molecule has 0 fully saturated rings. The lowest BCUT2D eigenvalue weighted by molar-refractivity contribution is -0.122. The molecule has 1 heterocycles.